The number of rotatable bonds is 3. The zero-order valence-electron chi connectivity index (χ0n) is 16.0. The van der Waals surface area contributed by atoms with Crippen molar-refractivity contribution in [3.63, 3.8) is 0 Å². The number of carboxylic acid groups (broad SMARTS) is 1. The number of aromatic amines is 1. The number of nitrogens with zero attached hydrogens (tertiary/aromatic N) is 1. The number of amides is 2. The van der Waals surface area contributed by atoms with Crippen LogP contribution in [0.4, 0.5) is 5.69 Å². The summed E-state index contributed by atoms with van der Waals surface area (Å²) in [4.78, 5) is 36.5. The maximum Gasteiger partial charge on any atom is 0.300 e. The Morgan fingerprint density at radius 2 is 2.00 bits per heavy atom. The first-order valence-corrected chi connectivity index (χ1v) is 9.32. The van der Waals surface area contributed by atoms with Crippen LogP contribution < -0.4 is 16.1 Å². The number of aliphatic carboxylic acids is 1. The number of aromatic nitrogens is 1. The second kappa shape index (κ2) is 9.16. The number of H-pyrrole nitrogens is 1. The Hall–Kier alpha value is -3.46. The third-order valence-electron chi connectivity index (χ3n) is 4.60. The Labute approximate surface area is 167 Å². The van der Waals surface area contributed by atoms with E-state index in [1.54, 1.807) is 24.6 Å². The van der Waals surface area contributed by atoms with Crippen molar-refractivity contribution in [1.29, 1.82) is 0 Å². The van der Waals surface area contributed by atoms with Crippen LogP contribution in [-0.4, -0.2) is 47.2 Å². The molecule has 1 saturated heterocycles. The molecule has 0 bridgehead atoms. The van der Waals surface area contributed by atoms with Gasteiger partial charge in [-0.25, -0.2) is 5.43 Å². The zero-order valence-corrected chi connectivity index (χ0v) is 16.0. The molecule has 2 aliphatic rings. The molecule has 0 spiro atoms. The zero-order chi connectivity index (χ0) is 20.8. The van der Waals surface area contributed by atoms with Crippen molar-refractivity contribution < 1.29 is 19.5 Å². The van der Waals surface area contributed by atoms with Gasteiger partial charge in [-0.3, -0.25) is 14.4 Å². The lowest BCUT2D eigenvalue weighted by Crippen LogP contribution is -2.26. The predicted molar refractivity (Wildman–Crippen MR) is 110 cm³/mol. The summed E-state index contributed by atoms with van der Waals surface area (Å²) < 4.78 is 0. The number of carboxylic acids is 1. The number of hydrogen-bond acceptors (Lipinski definition) is 5. The minimum absolute atomic E-state index is 0.192. The number of carbonyl (C=O) groups excluding carboxylic acids is 2. The number of anilines is 1. The molecule has 5 N–H and O–H groups in total. The summed E-state index contributed by atoms with van der Waals surface area (Å²) in [6.07, 6.45) is 9.04. The molecule has 9 nitrogen and oxygen atoms in total. The summed E-state index contributed by atoms with van der Waals surface area (Å²) in [5.41, 5.74) is 5.16. The van der Waals surface area contributed by atoms with Gasteiger partial charge in [0.25, 0.3) is 11.9 Å². The van der Waals surface area contributed by atoms with Gasteiger partial charge in [0.1, 0.15) is 0 Å². The molecule has 0 radical (unpaired) electrons. The molecule has 0 saturated carbocycles. The van der Waals surface area contributed by atoms with Crippen LogP contribution in [0.5, 0.6) is 0 Å². The quantitative estimate of drug-likeness (QED) is 0.504. The van der Waals surface area contributed by atoms with Gasteiger partial charge < -0.3 is 20.7 Å². The third-order valence-corrected chi connectivity index (χ3v) is 4.60. The number of hydrazone groups is 1. The largest absolute Gasteiger partial charge is 0.481 e. The fourth-order valence-corrected chi connectivity index (χ4v) is 3.31. The van der Waals surface area contributed by atoms with E-state index in [2.05, 4.69) is 26.1 Å². The summed E-state index contributed by atoms with van der Waals surface area (Å²) in [7, 11) is 0. The molecule has 1 aromatic heterocycles. The van der Waals surface area contributed by atoms with Gasteiger partial charge in [-0.05, 0) is 50.1 Å². The van der Waals surface area contributed by atoms with Crippen molar-refractivity contribution in [2.24, 2.45) is 11.0 Å². The molecule has 1 aromatic carbocycles. The van der Waals surface area contributed by atoms with Crippen LogP contribution in [0, 0.1) is 5.92 Å². The second-order valence-corrected chi connectivity index (χ2v) is 6.84. The van der Waals surface area contributed by atoms with Crippen LogP contribution in [0.1, 0.15) is 35.7 Å². The van der Waals surface area contributed by atoms with Gasteiger partial charge >= 0.3 is 0 Å². The van der Waals surface area contributed by atoms with Crippen molar-refractivity contribution in [3.05, 3.63) is 41.6 Å². The summed E-state index contributed by atoms with van der Waals surface area (Å²) in [6, 6.07) is 3.50. The summed E-state index contributed by atoms with van der Waals surface area (Å²) in [5, 5.41) is 18.3. The van der Waals surface area contributed by atoms with Gasteiger partial charge in [-0.2, -0.15) is 5.10 Å². The van der Waals surface area contributed by atoms with E-state index in [-0.39, 0.29) is 11.8 Å². The first-order chi connectivity index (χ1) is 13.9. The average molecular weight is 397 g/mol. The summed E-state index contributed by atoms with van der Waals surface area (Å²) >= 11 is 0. The highest BCUT2D eigenvalue weighted by atomic mass is 16.4. The van der Waals surface area contributed by atoms with Crippen molar-refractivity contribution in [2.45, 2.75) is 19.8 Å². The first kappa shape index (κ1) is 20.3. The number of piperidine rings is 1. The van der Waals surface area contributed by atoms with E-state index in [0.717, 1.165) is 49.3 Å². The Morgan fingerprint density at radius 1 is 1.28 bits per heavy atom. The Kier molecular flexibility index (Phi) is 6.40. The predicted octanol–water partition coefficient (Wildman–Crippen LogP) is 1.83. The maximum absolute atomic E-state index is 12.2. The lowest BCUT2D eigenvalue weighted by molar-refractivity contribution is -0.134. The molecule has 4 rings (SSSR count). The van der Waals surface area contributed by atoms with E-state index in [1.165, 1.54) is 0 Å². The van der Waals surface area contributed by atoms with Gasteiger partial charge in [-0.15, -0.1) is 0 Å². The molecule has 29 heavy (non-hydrogen) atoms. The van der Waals surface area contributed by atoms with Gasteiger partial charge in [0.05, 0.1) is 11.8 Å². The van der Waals surface area contributed by atoms with E-state index in [1.807, 2.05) is 12.1 Å². The van der Waals surface area contributed by atoms with Crippen LogP contribution in [-0.2, 0) is 9.59 Å². The average Bonchev–Trinajstić information content (AvgIpc) is 3.01. The number of allylic oxidation sites excluding steroid dienone is 1. The monoisotopic (exact) mass is 397 g/mol. The normalized spacial score (nSPS) is 16.1. The van der Waals surface area contributed by atoms with Crippen molar-refractivity contribution in [3.8, 4) is 0 Å². The molecular weight excluding hydrogens is 374 g/mol. The molecule has 2 aromatic rings. The smallest absolute Gasteiger partial charge is 0.300 e. The van der Waals surface area contributed by atoms with E-state index < -0.39 is 5.97 Å². The Morgan fingerprint density at radius 3 is 2.72 bits per heavy atom. The van der Waals surface area contributed by atoms with Crippen LogP contribution in [0.3, 0.4) is 0 Å². The number of nitrogens with one attached hydrogen (secondary N) is 4. The number of hydrogen-bond donors (Lipinski definition) is 5. The number of benzene rings is 1. The van der Waals surface area contributed by atoms with Crippen molar-refractivity contribution in [1.82, 2.24) is 15.7 Å². The molecular formula is C20H23N5O4. The van der Waals surface area contributed by atoms with Crippen molar-refractivity contribution >= 4 is 40.6 Å². The molecule has 1 fully saturated rings. The van der Waals surface area contributed by atoms with E-state index in [9.17, 15) is 9.59 Å². The van der Waals surface area contributed by atoms with Crippen LogP contribution in [0.25, 0.3) is 10.9 Å². The van der Waals surface area contributed by atoms with Crippen LogP contribution >= 0.6 is 0 Å². The summed E-state index contributed by atoms with van der Waals surface area (Å²) in [6.45, 7) is 3.06. The van der Waals surface area contributed by atoms with E-state index >= 15 is 0 Å². The fraction of sp³-hybridized carbons (Fsp3) is 0.300. The lowest BCUT2D eigenvalue weighted by atomic mass is 9.98. The Balaban J connectivity index is 0.000000552. The third kappa shape index (κ3) is 5.29. The second-order valence-electron chi connectivity index (χ2n) is 6.84. The molecule has 9 heteroatoms. The molecule has 0 atom stereocenters. The minimum Gasteiger partial charge on any atom is -0.481 e. The standard InChI is InChI=1S/C18H19N5O2.C2H4O2/c24-16(2-1-11-3-5-19-6-4-11)22-13-7-14-17-12(9-20-15(17)8-13)10-21-23-18(14)25;1-2(3)4/h1-2,7-11,19-20H,3-6H2,(H,22,24)(H,23,25);1H3,(H,3,4)/b2-1-;. The molecule has 2 aliphatic heterocycles. The van der Waals surface area contributed by atoms with Crippen LogP contribution in [0.15, 0.2) is 35.6 Å². The minimum atomic E-state index is -0.833. The first-order valence-electron chi connectivity index (χ1n) is 9.32. The Bertz CT molecular complexity index is 982. The topological polar surface area (TPSA) is 136 Å². The molecule has 0 aliphatic carbocycles. The van der Waals surface area contributed by atoms with Crippen molar-refractivity contribution in [2.75, 3.05) is 18.4 Å². The van der Waals surface area contributed by atoms with Crippen LogP contribution in [0.2, 0.25) is 0 Å². The molecule has 2 amide bonds. The molecule has 3 heterocycles. The maximum atomic E-state index is 12.2. The van der Waals surface area contributed by atoms with Gasteiger partial charge in [0, 0.05) is 35.3 Å². The number of carbonyl (C=O) groups is 3. The highest BCUT2D eigenvalue weighted by molar-refractivity contribution is 6.15. The van der Waals surface area contributed by atoms with Gasteiger partial charge in [-0.1, -0.05) is 6.08 Å². The summed E-state index contributed by atoms with van der Waals surface area (Å²) in [5.74, 6) is -0.879. The van der Waals surface area contributed by atoms with E-state index in [4.69, 9.17) is 9.90 Å². The lowest BCUT2D eigenvalue weighted by Gasteiger charge is -2.19. The molecule has 152 valence electrons. The highest BCUT2D eigenvalue weighted by Gasteiger charge is 2.18. The molecule has 0 unspecified atom stereocenters. The van der Waals surface area contributed by atoms with Gasteiger partial charge in [0.2, 0.25) is 5.91 Å². The fourth-order valence-electron chi connectivity index (χ4n) is 3.31. The van der Waals surface area contributed by atoms with E-state index in [0.29, 0.717) is 17.2 Å². The highest BCUT2D eigenvalue weighted by Crippen LogP contribution is 2.27. The van der Waals surface area contributed by atoms with Gasteiger partial charge in [0.15, 0.2) is 0 Å². The SMILES string of the molecule is CC(=O)O.O=C(/C=C\C1CCNCC1)Nc1cc2c3c(c[nH]c3c1)C=NNC2=O.